The van der Waals surface area contributed by atoms with Crippen LogP contribution in [0, 0.1) is 6.92 Å². The number of methoxy groups -OCH3 is 1. The van der Waals surface area contributed by atoms with Gasteiger partial charge in [-0.2, -0.15) is 0 Å². The highest BCUT2D eigenvalue weighted by molar-refractivity contribution is 9.10. The van der Waals surface area contributed by atoms with Crippen molar-refractivity contribution < 1.29 is 22.7 Å². The average molecular weight is 733 g/mol. The molecule has 0 saturated heterocycles. The number of rotatable bonds is 13. The van der Waals surface area contributed by atoms with Gasteiger partial charge in [-0.1, -0.05) is 97.6 Å². The molecule has 0 bridgehead atoms. The topological polar surface area (TPSA) is 96.0 Å². The number of hydrogen-bond acceptors (Lipinski definition) is 5. The van der Waals surface area contributed by atoms with Gasteiger partial charge in [0.15, 0.2) is 0 Å². The Bertz CT molecular complexity index is 1780. The minimum Gasteiger partial charge on any atom is -0.496 e. The van der Waals surface area contributed by atoms with E-state index in [1.807, 2.05) is 79.7 Å². The third-order valence-corrected chi connectivity index (χ3v) is 11.1. The molecular formula is C38H42BrN3O5S. The van der Waals surface area contributed by atoms with Gasteiger partial charge in [0.1, 0.15) is 18.3 Å². The molecule has 252 valence electrons. The Kier molecular flexibility index (Phi) is 11.9. The summed E-state index contributed by atoms with van der Waals surface area (Å²) in [5, 5.41) is 3.24. The largest absolute Gasteiger partial charge is 0.496 e. The van der Waals surface area contributed by atoms with E-state index in [1.54, 1.807) is 23.1 Å². The van der Waals surface area contributed by atoms with Crippen molar-refractivity contribution in [1.82, 2.24) is 10.2 Å². The van der Waals surface area contributed by atoms with Crippen molar-refractivity contribution in [2.24, 2.45) is 0 Å². The van der Waals surface area contributed by atoms with Gasteiger partial charge in [0.05, 0.1) is 22.2 Å². The molecule has 1 aliphatic carbocycles. The Hall–Kier alpha value is -4.15. The number of carbonyl (C=O) groups excluding carboxylic acids is 2. The Morgan fingerprint density at radius 2 is 1.50 bits per heavy atom. The average Bonchev–Trinajstić information content (AvgIpc) is 3.10. The molecule has 0 unspecified atom stereocenters. The van der Waals surface area contributed by atoms with Crippen molar-refractivity contribution in [2.45, 2.75) is 69.0 Å². The maximum absolute atomic E-state index is 14.7. The first kappa shape index (κ1) is 35.2. The number of benzene rings is 4. The Morgan fingerprint density at radius 1 is 0.875 bits per heavy atom. The quantitative estimate of drug-likeness (QED) is 0.159. The number of halogens is 1. The predicted molar refractivity (Wildman–Crippen MR) is 192 cm³/mol. The molecule has 1 fully saturated rings. The van der Waals surface area contributed by atoms with Crippen LogP contribution in [-0.2, 0) is 32.6 Å². The van der Waals surface area contributed by atoms with E-state index in [2.05, 4.69) is 21.2 Å². The summed E-state index contributed by atoms with van der Waals surface area (Å²) in [4.78, 5) is 30.4. The molecule has 1 N–H and O–H groups in total. The van der Waals surface area contributed by atoms with Crippen LogP contribution in [0.2, 0.25) is 0 Å². The van der Waals surface area contributed by atoms with Crippen molar-refractivity contribution in [3.05, 3.63) is 124 Å². The molecule has 0 radical (unpaired) electrons. The minimum atomic E-state index is -4.24. The molecule has 0 heterocycles. The van der Waals surface area contributed by atoms with E-state index >= 15 is 0 Å². The van der Waals surface area contributed by atoms with Crippen molar-refractivity contribution in [3.8, 4) is 5.75 Å². The molecule has 8 nitrogen and oxygen atoms in total. The lowest BCUT2D eigenvalue weighted by molar-refractivity contribution is -0.140. The molecule has 0 spiro atoms. The summed E-state index contributed by atoms with van der Waals surface area (Å²) >= 11 is 3.41. The molecular weight excluding hydrogens is 690 g/mol. The van der Waals surface area contributed by atoms with Crippen LogP contribution in [0.1, 0.15) is 48.8 Å². The fraction of sp³-hybridized carbons (Fsp3) is 0.316. The first-order valence-electron chi connectivity index (χ1n) is 16.3. The van der Waals surface area contributed by atoms with Gasteiger partial charge >= 0.3 is 0 Å². The van der Waals surface area contributed by atoms with Crippen molar-refractivity contribution in [2.75, 3.05) is 18.0 Å². The number of carbonyl (C=O) groups is 2. The highest BCUT2D eigenvalue weighted by Gasteiger charge is 2.35. The van der Waals surface area contributed by atoms with E-state index in [1.165, 1.54) is 19.2 Å². The molecule has 0 aromatic heterocycles. The van der Waals surface area contributed by atoms with E-state index in [0.717, 1.165) is 53.1 Å². The van der Waals surface area contributed by atoms with Gasteiger partial charge in [0.2, 0.25) is 11.8 Å². The van der Waals surface area contributed by atoms with Gasteiger partial charge in [-0.15, -0.1) is 0 Å². The minimum absolute atomic E-state index is 0.00552. The van der Waals surface area contributed by atoms with Crippen molar-refractivity contribution >= 4 is 43.5 Å². The Labute approximate surface area is 292 Å². The van der Waals surface area contributed by atoms with Crippen LogP contribution in [0.5, 0.6) is 5.75 Å². The van der Waals surface area contributed by atoms with Gasteiger partial charge in [0, 0.05) is 19.0 Å². The predicted octanol–water partition coefficient (Wildman–Crippen LogP) is 7.05. The summed E-state index contributed by atoms with van der Waals surface area (Å²) in [5.74, 6) is -0.247. The van der Waals surface area contributed by atoms with Gasteiger partial charge in [-0.05, 0) is 77.2 Å². The molecule has 5 rings (SSSR count). The number of hydrogen-bond donors (Lipinski definition) is 1. The fourth-order valence-electron chi connectivity index (χ4n) is 6.05. The highest BCUT2D eigenvalue weighted by Crippen LogP contribution is 2.31. The number of anilines is 1. The molecule has 10 heteroatoms. The summed E-state index contributed by atoms with van der Waals surface area (Å²) in [6, 6.07) is 29.8. The van der Waals surface area contributed by atoms with Gasteiger partial charge < -0.3 is 15.0 Å². The molecule has 4 aromatic rings. The van der Waals surface area contributed by atoms with Crippen LogP contribution < -0.4 is 14.4 Å². The van der Waals surface area contributed by atoms with Gasteiger partial charge in [-0.3, -0.25) is 13.9 Å². The zero-order valence-corrected chi connectivity index (χ0v) is 29.8. The number of aryl methyl sites for hydroxylation is 1. The smallest absolute Gasteiger partial charge is 0.264 e. The maximum atomic E-state index is 14.7. The lowest BCUT2D eigenvalue weighted by atomic mass is 9.94. The van der Waals surface area contributed by atoms with Crippen molar-refractivity contribution in [1.29, 1.82) is 0 Å². The van der Waals surface area contributed by atoms with Crippen LogP contribution in [0.4, 0.5) is 5.69 Å². The number of sulfonamides is 1. The summed E-state index contributed by atoms with van der Waals surface area (Å²) in [5.41, 5.74) is 3.02. The third kappa shape index (κ3) is 8.85. The fourth-order valence-corrected chi connectivity index (χ4v) is 8.19. The second kappa shape index (κ2) is 16.3. The second-order valence-corrected chi connectivity index (χ2v) is 14.9. The Balaban J connectivity index is 1.56. The molecule has 2 amide bonds. The van der Waals surface area contributed by atoms with Gasteiger partial charge in [0.25, 0.3) is 10.0 Å². The summed E-state index contributed by atoms with van der Waals surface area (Å²) in [6.45, 7) is 1.53. The molecule has 48 heavy (non-hydrogen) atoms. The molecule has 1 aliphatic rings. The molecule has 1 saturated carbocycles. The number of amides is 2. The maximum Gasteiger partial charge on any atom is 0.264 e. The summed E-state index contributed by atoms with van der Waals surface area (Å²) in [7, 11) is -2.74. The second-order valence-electron chi connectivity index (χ2n) is 12.2. The van der Waals surface area contributed by atoms with Crippen LogP contribution >= 0.6 is 15.9 Å². The van der Waals surface area contributed by atoms with Crippen LogP contribution in [0.25, 0.3) is 0 Å². The SMILES string of the molecule is COc1ccc(S(=O)(=O)N(CC(=O)N(Cc2ccccc2)[C@@H](Cc2ccccc2)C(=O)NC2CCCCC2)c2ccc(C)cc2)cc1Br. The van der Waals surface area contributed by atoms with Crippen LogP contribution in [0.3, 0.4) is 0 Å². The molecule has 0 aliphatic heterocycles. The number of ether oxygens (including phenoxy) is 1. The lowest BCUT2D eigenvalue weighted by Crippen LogP contribution is -2.55. The number of nitrogens with one attached hydrogen (secondary N) is 1. The van der Waals surface area contributed by atoms with E-state index in [-0.39, 0.29) is 29.8 Å². The normalized spacial score (nSPS) is 14.1. The van der Waals surface area contributed by atoms with E-state index in [9.17, 15) is 18.0 Å². The Morgan fingerprint density at radius 3 is 2.10 bits per heavy atom. The van der Waals surface area contributed by atoms with E-state index < -0.39 is 28.5 Å². The van der Waals surface area contributed by atoms with Crippen molar-refractivity contribution in [3.63, 3.8) is 0 Å². The van der Waals surface area contributed by atoms with E-state index in [0.29, 0.717) is 15.9 Å². The van der Waals surface area contributed by atoms with E-state index in [4.69, 9.17) is 4.74 Å². The zero-order chi connectivity index (χ0) is 34.1. The highest BCUT2D eigenvalue weighted by atomic mass is 79.9. The van der Waals surface area contributed by atoms with Crippen LogP contribution in [-0.4, -0.2) is 50.9 Å². The standard InChI is InChI=1S/C38H42BrN3O5S/c1-28-18-20-32(21-19-28)42(48(45,46)33-22-23-36(47-2)34(39)25-33)27-37(43)41(26-30-14-8-4-9-15-30)35(24-29-12-6-3-7-13-29)38(44)40-31-16-10-5-11-17-31/h3-4,6-9,12-15,18-23,25,31,35H,5,10-11,16-17,24,26-27H2,1-2H3,(H,40,44)/t35-/m0/s1. The first-order chi connectivity index (χ1) is 23.2. The van der Waals surface area contributed by atoms with Gasteiger partial charge in [-0.25, -0.2) is 8.42 Å². The summed E-state index contributed by atoms with van der Waals surface area (Å²) in [6.07, 6.45) is 5.31. The third-order valence-electron chi connectivity index (χ3n) is 8.73. The summed E-state index contributed by atoms with van der Waals surface area (Å²) < 4.78 is 35.6. The van der Waals surface area contributed by atoms with Crippen LogP contribution in [0.15, 0.2) is 112 Å². The monoisotopic (exact) mass is 731 g/mol. The molecule has 1 atom stereocenters. The lowest BCUT2D eigenvalue weighted by Gasteiger charge is -2.35. The number of nitrogens with zero attached hydrogens (tertiary/aromatic N) is 2. The molecule has 4 aromatic carbocycles. The first-order valence-corrected chi connectivity index (χ1v) is 18.5. The zero-order valence-electron chi connectivity index (χ0n) is 27.3.